The second-order valence-electron chi connectivity index (χ2n) is 3.74. The van der Waals surface area contributed by atoms with Gasteiger partial charge in [-0.1, -0.05) is 41.4 Å². The van der Waals surface area contributed by atoms with Gasteiger partial charge in [0.25, 0.3) is 0 Å². The maximum atomic E-state index is 5.99. The van der Waals surface area contributed by atoms with Crippen LogP contribution in [0.3, 0.4) is 0 Å². The third kappa shape index (κ3) is 2.21. The molecular weight excluding hydrogens is 204 g/mol. The van der Waals surface area contributed by atoms with E-state index in [2.05, 4.69) is 26.0 Å². The molecule has 0 unspecified atom stereocenters. The number of hydrogen-bond donors (Lipinski definition) is 0. The van der Waals surface area contributed by atoms with Gasteiger partial charge in [0.2, 0.25) is 0 Å². The molecule has 0 fully saturated rings. The van der Waals surface area contributed by atoms with Crippen molar-refractivity contribution in [3.05, 3.63) is 58.6 Å². The third-order valence-electron chi connectivity index (χ3n) is 2.45. The minimum absolute atomic E-state index is 0.769. The van der Waals surface area contributed by atoms with E-state index < -0.39 is 0 Å². The van der Waals surface area contributed by atoms with Crippen LogP contribution in [0, 0.1) is 19.9 Å². The quantitative estimate of drug-likeness (QED) is 0.661. The maximum Gasteiger partial charge on any atom is 0.0412 e. The molecule has 1 radical (unpaired) electrons. The van der Waals surface area contributed by atoms with Crippen LogP contribution in [0.2, 0.25) is 5.02 Å². The van der Waals surface area contributed by atoms with Gasteiger partial charge >= 0.3 is 0 Å². The van der Waals surface area contributed by atoms with Gasteiger partial charge in [0.15, 0.2) is 0 Å². The molecule has 75 valence electrons. The first-order valence-corrected chi connectivity index (χ1v) is 5.29. The molecule has 0 spiro atoms. The van der Waals surface area contributed by atoms with Crippen LogP contribution in [0.15, 0.2) is 36.4 Å². The number of benzene rings is 2. The van der Waals surface area contributed by atoms with Gasteiger partial charge in [0.1, 0.15) is 0 Å². The summed E-state index contributed by atoms with van der Waals surface area (Å²) in [5, 5.41) is 0.769. The van der Waals surface area contributed by atoms with Crippen molar-refractivity contribution < 1.29 is 0 Å². The highest BCUT2D eigenvalue weighted by molar-refractivity contribution is 6.30. The fraction of sp³-hybridized carbons (Fsp3) is 0.143. The van der Waals surface area contributed by atoms with Crippen LogP contribution in [0.1, 0.15) is 11.1 Å². The molecular formula is C14H12Cl. The Kier molecular flexibility index (Phi) is 2.79. The molecule has 0 N–H and O–H groups in total. The number of hydrogen-bond acceptors (Lipinski definition) is 0. The van der Waals surface area contributed by atoms with Crippen LogP contribution in [0.25, 0.3) is 11.1 Å². The predicted octanol–water partition coefficient (Wildman–Crippen LogP) is 4.42. The van der Waals surface area contributed by atoms with Crippen molar-refractivity contribution in [2.24, 2.45) is 0 Å². The van der Waals surface area contributed by atoms with Crippen molar-refractivity contribution in [1.82, 2.24) is 0 Å². The Balaban J connectivity index is 2.58. The Bertz CT molecular complexity index is 486. The molecule has 2 rings (SSSR count). The highest BCUT2D eigenvalue weighted by Crippen LogP contribution is 2.26. The van der Waals surface area contributed by atoms with Crippen molar-refractivity contribution in [3.8, 4) is 11.1 Å². The van der Waals surface area contributed by atoms with Crippen LogP contribution < -0.4 is 0 Å². The molecule has 0 atom stereocenters. The first kappa shape index (κ1) is 10.3. The Labute approximate surface area is 95.5 Å². The van der Waals surface area contributed by atoms with Crippen LogP contribution in [-0.4, -0.2) is 0 Å². The zero-order valence-corrected chi connectivity index (χ0v) is 9.60. The van der Waals surface area contributed by atoms with E-state index in [9.17, 15) is 0 Å². The smallest absolute Gasteiger partial charge is 0.0412 e. The van der Waals surface area contributed by atoms with E-state index in [1.807, 2.05) is 30.3 Å². The third-order valence-corrected chi connectivity index (χ3v) is 2.68. The lowest BCUT2D eigenvalue weighted by Crippen LogP contribution is -1.84. The average molecular weight is 216 g/mol. The van der Waals surface area contributed by atoms with Crippen molar-refractivity contribution in [2.45, 2.75) is 13.8 Å². The summed E-state index contributed by atoms with van der Waals surface area (Å²) in [5.41, 5.74) is 4.73. The number of rotatable bonds is 1. The molecule has 0 saturated heterocycles. The van der Waals surface area contributed by atoms with E-state index in [0.29, 0.717) is 0 Å². The monoisotopic (exact) mass is 215 g/mol. The topological polar surface area (TPSA) is 0 Å². The van der Waals surface area contributed by atoms with E-state index in [1.54, 1.807) is 0 Å². The largest absolute Gasteiger partial charge is 0.0843 e. The first-order valence-electron chi connectivity index (χ1n) is 4.92. The Hall–Kier alpha value is -1.27. The Morgan fingerprint density at radius 2 is 1.87 bits per heavy atom. The van der Waals surface area contributed by atoms with Crippen LogP contribution in [-0.2, 0) is 0 Å². The second-order valence-corrected chi connectivity index (χ2v) is 4.18. The number of aryl methyl sites for hydroxylation is 2. The lowest BCUT2D eigenvalue weighted by Gasteiger charge is -2.06. The zero-order chi connectivity index (χ0) is 10.8. The molecule has 0 nitrogen and oxygen atoms in total. The molecule has 0 aliphatic heterocycles. The number of halogens is 1. The fourth-order valence-electron chi connectivity index (χ4n) is 1.62. The molecule has 1 heteroatoms. The standard InChI is InChI=1S/C14H12Cl/c1-10-4-3-5-12(8-10)14-9-13(15)7-6-11(14)2/h3-4,6-9H,1-2H3. The molecule has 2 aromatic carbocycles. The van der Waals surface area contributed by atoms with E-state index in [4.69, 9.17) is 11.6 Å². The summed E-state index contributed by atoms with van der Waals surface area (Å²) in [5.74, 6) is 0. The lowest BCUT2D eigenvalue weighted by atomic mass is 9.99. The van der Waals surface area contributed by atoms with Gasteiger partial charge in [-0.05, 0) is 48.7 Å². The van der Waals surface area contributed by atoms with Crippen molar-refractivity contribution in [1.29, 1.82) is 0 Å². The summed E-state index contributed by atoms with van der Waals surface area (Å²) in [6.45, 7) is 4.17. The summed E-state index contributed by atoms with van der Waals surface area (Å²) in [4.78, 5) is 0. The average Bonchev–Trinajstić information content (AvgIpc) is 2.22. The normalized spacial score (nSPS) is 10.3. The van der Waals surface area contributed by atoms with Gasteiger partial charge < -0.3 is 0 Å². The van der Waals surface area contributed by atoms with Crippen LogP contribution >= 0.6 is 11.6 Å². The van der Waals surface area contributed by atoms with E-state index in [-0.39, 0.29) is 0 Å². The van der Waals surface area contributed by atoms with Gasteiger partial charge in [-0.3, -0.25) is 0 Å². The van der Waals surface area contributed by atoms with Crippen molar-refractivity contribution in [3.63, 3.8) is 0 Å². The molecule has 0 heterocycles. The molecule has 2 aromatic rings. The van der Waals surface area contributed by atoms with Crippen molar-refractivity contribution in [2.75, 3.05) is 0 Å². The van der Waals surface area contributed by atoms with Gasteiger partial charge in [-0.2, -0.15) is 0 Å². The summed E-state index contributed by atoms with van der Waals surface area (Å²) in [6.07, 6.45) is 0. The molecule has 0 aromatic heterocycles. The molecule has 0 aliphatic rings. The minimum atomic E-state index is 0.769. The SMILES string of the molecule is Cc1cc[c]c(-c2cc(Cl)ccc2C)c1. The first-order chi connectivity index (χ1) is 7.16. The second kappa shape index (κ2) is 4.08. The van der Waals surface area contributed by atoms with Crippen molar-refractivity contribution >= 4 is 11.6 Å². The summed E-state index contributed by atoms with van der Waals surface area (Å²) in [6, 6.07) is 15.3. The molecule has 0 saturated carbocycles. The van der Waals surface area contributed by atoms with Gasteiger partial charge in [-0.15, -0.1) is 0 Å². The van der Waals surface area contributed by atoms with Crippen LogP contribution in [0.5, 0.6) is 0 Å². The van der Waals surface area contributed by atoms with Gasteiger partial charge in [0, 0.05) is 5.02 Å². The molecule has 0 aliphatic carbocycles. The van der Waals surface area contributed by atoms with E-state index in [0.717, 1.165) is 16.1 Å². The molecule has 0 amide bonds. The fourth-order valence-corrected chi connectivity index (χ4v) is 1.79. The zero-order valence-electron chi connectivity index (χ0n) is 8.84. The van der Waals surface area contributed by atoms with E-state index >= 15 is 0 Å². The summed E-state index contributed by atoms with van der Waals surface area (Å²) >= 11 is 5.99. The maximum absolute atomic E-state index is 5.99. The Morgan fingerprint density at radius 1 is 1.07 bits per heavy atom. The van der Waals surface area contributed by atoms with E-state index in [1.165, 1.54) is 11.1 Å². The molecule has 0 bridgehead atoms. The van der Waals surface area contributed by atoms with Gasteiger partial charge in [-0.25, -0.2) is 0 Å². The lowest BCUT2D eigenvalue weighted by molar-refractivity contribution is 1.42. The minimum Gasteiger partial charge on any atom is -0.0843 e. The summed E-state index contributed by atoms with van der Waals surface area (Å²) < 4.78 is 0. The predicted molar refractivity (Wildman–Crippen MR) is 65.2 cm³/mol. The highest BCUT2D eigenvalue weighted by Gasteiger charge is 2.02. The van der Waals surface area contributed by atoms with Crippen LogP contribution in [0.4, 0.5) is 0 Å². The Morgan fingerprint density at radius 3 is 2.60 bits per heavy atom. The summed E-state index contributed by atoms with van der Waals surface area (Å²) in [7, 11) is 0. The molecule has 15 heavy (non-hydrogen) atoms. The van der Waals surface area contributed by atoms with Gasteiger partial charge in [0.05, 0.1) is 0 Å². The highest BCUT2D eigenvalue weighted by atomic mass is 35.5.